The molecule has 1 fully saturated rings. The standard InChI is InChI=1S/C6H6O3S.C4H9N/c7-10(8,9)6-4-2-1-3-5-6;1-4-2-3-5-4/h1-5H,(H,7,8,9);4-5H,2-3H2,1H3/p-1/t;4-/m.1/s1. The third-order valence-corrected chi connectivity index (χ3v) is 2.95. The van der Waals surface area contributed by atoms with Crippen LogP contribution in [0.25, 0.3) is 0 Å². The molecule has 0 aromatic heterocycles. The molecule has 1 saturated heterocycles. The van der Waals surface area contributed by atoms with Crippen LogP contribution in [-0.2, 0) is 10.1 Å². The molecule has 0 amide bonds. The third kappa shape index (κ3) is 4.42. The van der Waals surface area contributed by atoms with Crippen LogP contribution in [0.1, 0.15) is 13.3 Å². The first-order valence-electron chi connectivity index (χ1n) is 4.74. The van der Waals surface area contributed by atoms with Crippen molar-refractivity contribution in [3.63, 3.8) is 0 Å². The zero-order chi connectivity index (χ0) is 11.3. The molecule has 15 heavy (non-hydrogen) atoms. The third-order valence-electron chi connectivity index (χ3n) is 2.10. The van der Waals surface area contributed by atoms with Crippen LogP contribution in [0.5, 0.6) is 0 Å². The van der Waals surface area contributed by atoms with Crippen LogP contribution in [0.4, 0.5) is 0 Å². The molecule has 2 rings (SSSR count). The topological polar surface area (TPSA) is 69.2 Å². The molecule has 0 unspecified atom stereocenters. The quantitative estimate of drug-likeness (QED) is 0.727. The molecule has 0 radical (unpaired) electrons. The smallest absolute Gasteiger partial charge is 0.124 e. The van der Waals surface area contributed by atoms with E-state index >= 15 is 0 Å². The van der Waals surface area contributed by atoms with E-state index in [0.29, 0.717) is 0 Å². The fourth-order valence-corrected chi connectivity index (χ4v) is 1.51. The average molecular weight is 228 g/mol. The lowest BCUT2D eigenvalue weighted by molar-refractivity contribution is 0.399. The Morgan fingerprint density at radius 3 is 2.00 bits per heavy atom. The first kappa shape index (κ1) is 12.2. The van der Waals surface area contributed by atoms with Crippen molar-refractivity contribution in [1.82, 2.24) is 5.32 Å². The summed E-state index contributed by atoms with van der Waals surface area (Å²) in [5, 5.41) is 3.21. The molecule has 1 heterocycles. The minimum Gasteiger partial charge on any atom is -0.744 e. The Morgan fingerprint density at radius 1 is 1.33 bits per heavy atom. The second-order valence-electron chi connectivity index (χ2n) is 3.41. The van der Waals surface area contributed by atoms with Crippen LogP contribution >= 0.6 is 0 Å². The summed E-state index contributed by atoms with van der Waals surface area (Å²) in [5.74, 6) is 0. The number of hydrogen-bond acceptors (Lipinski definition) is 4. The van der Waals surface area contributed by atoms with Crippen molar-refractivity contribution in [3.8, 4) is 0 Å². The minimum atomic E-state index is -4.25. The summed E-state index contributed by atoms with van der Waals surface area (Å²) < 4.78 is 30.8. The van der Waals surface area contributed by atoms with Gasteiger partial charge in [-0.25, -0.2) is 8.42 Å². The van der Waals surface area contributed by atoms with Crippen molar-refractivity contribution in [2.24, 2.45) is 0 Å². The zero-order valence-electron chi connectivity index (χ0n) is 8.51. The molecular formula is C10H14NO3S-. The average Bonchev–Trinajstić information content (AvgIpc) is 2.16. The SMILES string of the molecule is C[C@@H]1CCN1.O=S(=O)([O-])c1ccccc1. The fraction of sp³-hybridized carbons (Fsp3) is 0.400. The van der Waals surface area contributed by atoms with Gasteiger partial charge in [-0.15, -0.1) is 0 Å². The van der Waals surface area contributed by atoms with Crippen LogP contribution in [0.15, 0.2) is 35.2 Å². The predicted octanol–water partition coefficient (Wildman–Crippen LogP) is 0.959. The molecule has 0 aliphatic carbocycles. The van der Waals surface area contributed by atoms with Gasteiger partial charge >= 0.3 is 0 Å². The molecule has 1 aliphatic rings. The number of rotatable bonds is 1. The molecule has 1 aromatic carbocycles. The van der Waals surface area contributed by atoms with Gasteiger partial charge in [0, 0.05) is 6.04 Å². The monoisotopic (exact) mass is 228 g/mol. The molecule has 1 aliphatic heterocycles. The predicted molar refractivity (Wildman–Crippen MR) is 56.5 cm³/mol. The van der Waals surface area contributed by atoms with Crippen LogP contribution in [-0.4, -0.2) is 25.6 Å². The second kappa shape index (κ2) is 5.25. The normalized spacial score (nSPS) is 19.7. The highest BCUT2D eigenvalue weighted by Gasteiger charge is 2.07. The van der Waals surface area contributed by atoms with Crippen LogP contribution in [0.2, 0.25) is 0 Å². The summed E-state index contributed by atoms with van der Waals surface area (Å²) in [4.78, 5) is -0.185. The molecular weight excluding hydrogens is 214 g/mol. The van der Waals surface area contributed by atoms with Gasteiger partial charge in [0.1, 0.15) is 10.1 Å². The van der Waals surface area contributed by atoms with Crippen molar-refractivity contribution in [3.05, 3.63) is 30.3 Å². The van der Waals surface area contributed by atoms with Crippen LogP contribution in [0, 0.1) is 0 Å². The zero-order valence-corrected chi connectivity index (χ0v) is 9.33. The molecule has 1 aromatic rings. The molecule has 1 N–H and O–H groups in total. The highest BCUT2D eigenvalue weighted by atomic mass is 32.2. The maximum Gasteiger partial charge on any atom is 0.124 e. The van der Waals surface area contributed by atoms with Crippen molar-refractivity contribution in [2.75, 3.05) is 6.54 Å². The second-order valence-corrected chi connectivity index (χ2v) is 4.79. The van der Waals surface area contributed by atoms with Crippen molar-refractivity contribution in [2.45, 2.75) is 24.3 Å². The van der Waals surface area contributed by atoms with Gasteiger partial charge in [-0.1, -0.05) is 18.2 Å². The first-order valence-corrected chi connectivity index (χ1v) is 6.15. The Balaban J connectivity index is 0.000000187. The first-order chi connectivity index (χ1) is 7.00. The van der Waals surface area contributed by atoms with E-state index in [0.717, 1.165) is 6.04 Å². The Morgan fingerprint density at radius 2 is 1.80 bits per heavy atom. The summed E-state index contributed by atoms with van der Waals surface area (Å²) in [6, 6.07) is 8.00. The molecule has 84 valence electrons. The van der Waals surface area contributed by atoms with Crippen molar-refractivity contribution >= 4 is 10.1 Å². The van der Waals surface area contributed by atoms with Crippen molar-refractivity contribution in [1.29, 1.82) is 0 Å². The Kier molecular flexibility index (Phi) is 4.26. The van der Waals surface area contributed by atoms with Gasteiger partial charge in [-0.2, -0.15) is 0 Å². The summed E-state index contributed by atoms with van der Waals surface area (Å²) >= 11 is 0. The molecule has 0 bridgehead atoms. The van der Waals surface area contributed by atoms with E-state index in [1.54, 1.807) is 6.07 Å². The maximum absolute atomic E-state index is 10.3. The van der Waals surface area contributed by atoms with E-state index in [1.165, 1.54) is 37.2 Å². The molecule has 0 saturated carbocycles. The Labute approximate surface area is 90.1 Å². The lowest BCUT2D eigenvalue weighted by Crippen LogP contribution is -2.39. The minimum absolute atomic E-state index is 0.185. The van der Waals surface area contributed by atoms with Crippen molar-refractivity contribution < 1.29 is 13.0 Å². The van der Waals surface area contributed by atoms with E-state index in [-0.39, 0.29) is 4.90 Å². The highest BCUT2D eigenvalue weighted by molar-refractivity contribution is 7.85. The Hall–Kier alpha value is -0.910. The number of nitrogens with one attached hydrogen (secondary N) is 1. The van der Waals surface area contributed by atoms with Gasteiger partial charge in [-0.3, -0.25) is 0 Å². The lowest BCUT2D eigenvalue weighted by atomic mass is 10.1. The molecule has 4 nitrogen and oxygen atoms in total. The Bertz CT molecular complexity index is 384. The highest BCUT2D eigenvalue weighted by Crippen LogP contribution is 2.04. The molecule has 5 heteroatoms. The van der Waals surface area contributed by atoms with Crippen LogP contribution < -0.4 is 5.32 Å². The van der Waals surface area contributed by atoms with E-state index in [2.05, 4.69) is 12.2 Å². The van der Waals surface area contributed by atoms with Crippen LogP contribution in [0.3, 0.4) is 0 Å². The van der Waals surface area contributed by atoms with E-state index in [1.807, 2.05) is 0 Å². The van der Waals surface area contributed by atoms with Gasteiger partial charge in [0.2, 0.25) is 0 Å². The van der Waals surface area contributed by atoms with E-state index < -0.39 is 10.1 Å². The van der Waals surface area contributed by atoms with Gasteiger partial charge in [-0.05, 0) is 32.0 Å². The van der Waals surface area contributed by atoms with E-state index in [4.69, 9.17) is 0 Å². The maximum atomic E-state index is 10.3. The summed E-state index contributed by atoms with van der Waals surface area (Å²) in [6.45, 7) is 3.44. The van der Waals surface area contributed by atoms with Gasteiger partial charge in [0.25, 0.3) is 0 Å². The van der Waals surface area contributed by atoms with E-state index in [9.17, 15) is 13.0 Å². The summed E-state index contributed by atoms with van der Waals surface area (Å²) in [7, 11) is -4.25. The van der Waals surface area contributed by atoms with Gasteiger partial charge < -0.3 is 9.87 Å². The molecule has 1 atom stereocenters. The molecule has 0 spiro atoms. The number of benzene rings is 1. The lowest BCUT2D eigenvalue weighted by Gasteiger charge is -2.22. The number of hydrogen-bond donors (Lipinski definition) is 1. The van der Waals surface area contributed by atoms with Gasteiger partial charge in [0.15, 0.2) is 0 Å². The summed E-state index contributed by atoms with van der Waals surface area (Å²) in [6.07, 6.45) is 1.38. The largest absolute Gasteiger partial charge is 0.744 e. The fourth-order valence-electron chi connectivity index (χ4n) is 1.02. The van der Waals surface area contributed by atoms with Gasteiger partial charge in [0.05, 0.1) is 4.90 Å². The summed E-state index contributed by atoms with van der Waals surface area (Å²) in [5.41, 5.74) is 0.